The molecule has 1 aromatic heterocycles. The average Bonchev–Trinajstić information content (AvgIpc) is 2.99. The topological polar surface area (TPSA) is 107 Å². The Hall–Kier alpha value is -2.51. The van der Waals surface area contributed by atoms with Crippen LogP contribution in [-0.2, 0) is 20.1 Å². The van der Waals surface area contributed by atoms with E-state index in [4.69, 9.17) is 21.8 Å². The summed E-state index contributed by atoms with van der Waals surface area (Å²) < 4.78 is 0. The largest absolute Gasteiger partial charge is 0.477 e. The van der Waals surface area contributed by atoms with Crippen LogP contribution in [0.5, 0.6) is 0 Å². The van der Waals surface area contributed by atoms with E-state index in [1.807, 2.05) is 6.07 Å². The van der Waals surface area contributed by atoms with E-state index in [2.05, 4.69) is 4.98 Å². The van der Waals surface area contributed by atoms with Crippen molar-refractivity contribution < 1.29 is 24.6 Å². The Balaban J connectivity index is 2.40. The van der Waals surface area contributed by atoms with E-state index in [0.29, 0.717) is 22.2 Å². The molecule has 0 radical (unpaired) electrons. The number of aromatic amines is 1. The summed E-state index contributed by atoms with van der Waals surface area (Å²) in [5.74, 6) is -2.59. The maximum atomic E-state index is 11.2. The fraction of sp³-hybridized carbons (Fsp3) is 0.118. The maximum Gasteiger partial charge on any atom is 0.343 e. The number of rotatable bonds is 6. The summed E-state index contributed by atoms with van der Waals surface area (Å²) >= 11 is 7.21. The standard InChI is InChI=1S/C17H14ClNO5S/c1-9(20)25-8-10-2-3-11(18)6-13(10)15-5-4-12(19-15)7-14(16(21)22)17(23)24/h2-7,19H,8H2,1H3,(H,21,22)(H,23,24). The van der Waals surface area contributed by atoms with Crippen molar-refractivity contribution in [2.75, 3.05) is 0 Å². The normalized spacial score (nSPS) is 10.3. The van der Waals surface area contributed by atoms with Crippen molar-refractivity contribution in [2.45, 2.75) is 12.7 Å². The third-order valence-corrected chi connectivity index (χ3v) is 4.36. The van der Waals surface area contributed by atoms with Gasteiger partial charge in [-0.1, -0.05) is 29.4 Å². The molecule has 25 heavy (non-hydrogen) atoms. The molecule has 0 fully saturated rings. The molecule has 0 atom stereocenters. The first-order valence-electron chi connectivity index (χ1n) is 7.07. The van der Waals surface area contributed by atoms with Crippen LogP contribution in [0.4, 0.5) is 0 Å². The Kier molecular flexibility index (Phi) is 6.06. The number of carbonyl (C=O) groups excluding carboxylic acids is 1. The first kappa shape index (κ1) is 18.8. The molecule has 2 aromatic rings. The van der Waals surface area contributed by atoms with Crippen LogP contribution in [-0.4, -0.2) is 32.3 Å². The number of hydrogen-bond acceptors (Lipinski definition) is 4. The second-order valence-corrected chi connectivity index (χ2v) is 6.67. The quantitative estimate of drug-likeness (QED) is 0.401. The molecule has 0 unspecified atom stereocenters. The average molecular weight is 380 g/mol. The first-order chi connectivity index (χ1) is 11.8. The third kappa shape index (κ3) is 4.98. The van der Waals surface area contributed by atoms with Crippen LogP contribution in [0, 0.1) is 0 Å². The molecule has 6 nitrogen and oxygen atoms in total. The van der Waals surface area contributed by atoms with E-state index >= 15 is 0 Å². The summed E-state index contributed by atoms with van der Waals surface area (Å²) in [4.78, 5) is 36.1. The van der Waals surface area contributed by atoms with Crippen molar-refractivity contribution in [3.63, 3.8) is 0 Å². The number of thioether (sulfide) groups is 1. The monoisotopic (exact) mass is 379 g/mol. The molecule has 1 heterocycles. The first-order valence-corrected chi connectivity index (χ1v) is 8.43. The SMILES string of the molecule is CC(=O)SCc1ccc(Cl)cc1-c1ccc(C=C(C(=O)O)C(=O)O)[nH]1. The Morgan fingerprint density at radius 1 is 1.16 bits per heavy atom. The summed E-state index contributed by atoms with van der Waals surface area (Å²) in [5, 5.41) is 18.3. The van der Waals surface area contributed by atoms with Gasteiger partial charge in [0.05, 0.1) is 0 Å². The number of hydrogen-bond donors (Lipinski definition) is 3. The van der Waals surface area contributed by atoms with Crippen LogP contribution in [0.3, 0.4) is 0 Å². The van der Waals surface area contributed by atoms with E-state index < -0.39 is 17.5 Å². The number of benzene rings is 1. The highest BCUT2D eigenvalue weighted by molar-refractivity contribution is 8.12. The van der Waals surface area contributed by atoms with Gasteiger partial charge in [0.15, 0.2) is 5.12 Å². The molecule has 0 aliphatic carbocycles. The Labute approximate surface area is 152 Å². The Morgan fingerprint density at radius 2 is 1.84 bits per heavy atom. The van der Waals surface area contributed by atoms with Gasteiger partial charge in [-0.25, -0.2) is 9.59 Å². The fourth-order valence-corrected chi connectivity index (χ4v) is 2.91. The second-order valence-electron chi connectivity index (χ2n) is 5.08. The van der Waals surface area contributed by atoms with Crippen LogP contribution in [0.25, 0.3) is 17.3 Å². The van der Waals surface area contributed by atoms with Crippen molar-refractivity contribution in [2.24, 2.45) is 0 Å². The summed E-state index contributed by atoms with van der Waals surface area (Å²) in [6.07, 6.45) is 1.04. The van der Waals surface area contributed by atoms with Gasteiger partial charge in [-0.3, -0.25) is 4.79 Å². The smallest absolute Gasteiger partial charge is 0.343 e. The van der Waals surface area contributed by atoms with Gasteiger partial charge in [0.1, 0.15) is 5.57 Å². The minimum atomic E-state index is -1.52. The van der Waals surface area contributed by atoms with E-state index in [1.165, 1.54) is 6.92 Å². The number of carboxylic acids is 2. The summed E-state index contributed by atoms with van der Waals surface area (Å²) in [5.41, 5.74) is 1.86. The van der Waals surface area contributed by atoms with Crippen LogP contribution < -0.4 is 0 Å². The van der Waals surface area contributed by atoms with Crippen molar-refractivity contribution in [3.8, 4) is 11.3 Å². The van der Waals surface area contributed by atoms with Gasteiger partial charge in [-0.05, 0) is 35.9 Å². The number of aromatic nitrogens is 1. The number of aliphatic carboxylic acids is 2. The van der Waals surface area contributed by atoms with Crippen molar-refractivity contribution >= 4 is 46.5 Å². The zero-order valence-electron chi connectivity index (χ0n) is 13.1. The lowest BCUT2D eigenvalue weighted by Gasteiger charge is -2.08. The Morgan fingerprint density at radius 3 is 2.44 bits per heavy atom. The second kappa shape index (κ2) is 8.04. The summed E-state index contributed by atoms with van der Waals surface area (Å²) in [6, 6.07) is 8.53. The lowest BCUT2D eigenvalue weighted by atomic mass is 10.1. The zero-order valence-corrected chi connectivity index (χ0v) is 14.6. The van der Waals surface area contributed by atoms with Gasteiger partial charge in [0.2, 0.25) is 0 Å². The molecule has 2 rings (SSSR count). The number of halogens is 1. The van der Waals surface area contributed by atoms with E-state index in [1.54, 1.807) is 24.3 Å². The predicted molar refractivity (Wildman–Crippen MR) is 96.5 cm³/mol. The fourth-order valence-electron chi connectivity index (χ4n) is 2.13. The van der Waals surface area contributed by atoms with Gasteiger partial charge in [-0.15, -0.1) is 0 Å². The number of carboxylic acid groups (broad SMARTS) is 2. The number of nitrogens with one attached hydrogen (secondary N) is 1. The van der Waals surface area contributed by atoms with Gasteiger partial charge in [0, 0.05) is 34.7 Å². The molecule has 0 amide bonds. The molecular formula is C17H14ClNO5S. The molecule has 0 bridgehead atoms. The van der Waals surface area contributed by atoms with Crippen molar-refractivity contribution in [1.82, 2.24) is 4.98 Å². The molecule has 0 aliphatic rings. The van der Waals surface area contributed by atoms with Crippen LogP contribution in [0.1, 0.15) is 18.2 Å². The Bertz CT molecular complexity index is 856. The van der Waals surface area contributed by atoms with E-state index in [9.17, 15) is 14.4 Å². The predicted octanol–water partition coefficient (Wildman–Crippen LogP) is 3.67. The minimum absolute atomic E-state index is 0.0106. The molecule has 0 saturated heterocycles. The van der Waals surface area contributed by atoms with E-state index in [0.717, 1.165) is 29.0 Å². The molecular weight excluding hydrogens is 366 g/mol. The maximum absolute atomic E-state index is 11.2. The summed E-state index contributed by atoms with van der Waals surface area (Å²) in [6.45, 7) is 1.48. The minimum Gasteiger partial charge on any atom is -0.477 e. The van der Waals surface area contributed by atoms with Gasteiger partial charge < -0.3 is 15.2 Å². The van der Waals surface area contributed by atoms with Crippen LogP contribution in [0.15, 0.2) is 35.9 Å². The number of carbonyl (C=O) groups is 3. The van der Waals surface area contributed by atoms with Gasteiger partial charge in [-0.2, -0.15) is 0 Å². The number of H-pyrrole nitrogens is 1. The molecule has 130 valence electrons. The lowest BCUT2D eigenvalue weighted by molar-refractivity contribution is -0.140. The highest BCUT2D eigenvalue weighted by Gasteiger charge is 2.16. The molecule has 3 N–H and O–H groups in total. The zero-order chi connectivity index (χ0) is 18.6. The summed E-state index contributed by atoms with van der Waals surface area (Å²) in [7, 11) is 0. The van der Waals surface area contributed by atoms with Crippen molar-refractivity contribution in [1.29, 1.82) is 0 Å². The lowest BCUT2D eigenvalue weighted by Crippen LogP contribution is -2.10. The van der Waals surface area contributed by atoms with Crippen LogP contribution in [0.2, 0.25) is 5.02 Å². The van der Waals surface area contributed by atoms with E-state index in [-0.39, 0.29) is 5.12 Å². The third-order valence-electron chi connectivity index (χ3n) is 3.26. The highest BCUT2D eigenvalue weighted by Crippen LogP contribution is 2.29. The molecule has 1 aromatic carbocycles. The van der Waals surface area contributed by atoms with Gasteiger partial charge >= 0.3 is 11.9 Å². The molecule has 0 spiro atoms. The van der Waals surface area contributed by atoms with Crippen LogP contribution >= 0.6 is 23.4 Å². The highest BCUT2D eigenvalue weighted by atomic mass is 35.5. The molecule has 0 aliphatic heterocycles. The van der Waals surface area contributed by atoms with Gasteiger partial charge in [0.25, 0.3) is 0 Å². The molecule has 0 saturated carbocycles. The van der Waals surface area contributed by atoms with Crippen molar-refractivity contribution in [3.05, 3.63) is 52.2 Å². The molecule has 8 heteroatoms.